The van der Waals surface area contributed by atoms with E-state index < -0.39 is 0 Å². The molecular weight excluding hydrogens is 288 g/mol. The fourth-order valence-electron chi connectivity index (χ4n) is 2.46. The van der Waals surface area contributed by atoms with E-state index in [1.807, 2.05) is 0 Å². The Bertz CT molecular complexity index is 373. The summed E-state index contributed by atoms with van der Waals surface area (Å²) in [7, 11) is 0. The van der Waals surface area contributed by atoms with E-state index in [1.54, 1.807) is 0 Å². The molecule has 0 saturated carbocycles. The molecule has 0 unspecified atom stereocenters. The number of hydrogen-bond acceptors (Lipinski definition) is 2. The fourth-order valence-corrected chi connectivity index (χ4v) is 3.01. The summed E-state index contributed by atoms with van der Waals surface area (Å²) in [5, 5.41) is 3.36. The third-order valence-electron chi connectivity index (χ3n) is 3.54. The molecule has 1 aromatic rings. The average Bonchev–Trinajstić information content (AvgIpc) is 2.40. The van der Waals surface area contributed by atoms with E-state index in [0.29, 0.717) is 0 Å². The fraction of sp³-hybridized carbons (Fsp3) is 0.600. The molecule has 2 rings (SSSR count). The maximum atomic E-state index is 3.71. The Hall–Kier alpha value is -0.380. The molecule has 0 atom stereocenters. The molecule has 1 aliphatic rings. The van der Waals surface area contributed by atoms with Crippen LogP contribution in [-0.4, -0.2) is 24.5 Å². The molecule has 3 heteroatoms. The van der Waals surface area contributed by atoms with Gasteiger partial charge in [-0.3, -0.25) is 4.90 Å². The summed E-state index contributed by atoms with van der Waals surface area (Å²) >= 11 is 3.71. The highest BCUT2D eigenvalue weighted by molar-refractivity contribution is 9.10. The Labute approximate surface area is 119 Å². The average molecular weight is 311 g/mol. The molecule has 2 nitrogen and oxygen atoms in total. The maximum absolute atomic E-state index is 3.71. The minimum Gasteiger partial charge on any atom is -0.313 e. The van der Waals surface area contributed by atoms with Gasteiger partial charge in [-0.15, -0.1) is 0 Å². The molecule has 1 aromatic carbocycles. The molecule has 0 amide bonds. The van der Waals surface area contributed by atoms with E-state index in [4.69, 9.17) is 0 Å². The molecule has 18 heavy (non-hydrogen) atoms. The van der Waals surface area contributed by atoms with E-state index in [1.165, 1.54) is 48.0 Å². The number of piperidine rings is 1. The van der Waals surface area contributed by atoms with Crippen LogP contribution in [-0.2, 0) is 13.1 Å². The standard InChI is InChI=1S/C15H23BrN2/c1-2-17-11-13-6-7-14(15(16)10-13)12-18-8-4-3-5-9-18/h6-7,10,17H,2-5,8-9,11-12H2,1H3. The van der Waals surface area contributed by atoms with E-state index in [0.717, 1.165) is 19.6 Å². The number of halogens is 1. The van der Waals surface area contributed by atoms with Gasteiger partial charge in [0.25, 0.3) is 0 Å². The second kappa shape index (κ2) is 7.27. The second-order valence-corrected chi connectivity index (χ2v) is 5.90. The predicted molar refractivity (Wildman–Crippen MR) is 80.7 cm³/mol. The smallest absolute Gasteiger partial charge is 0.0244 e. The van der Waals surface area contributed by atoms with Crippen LogP contribution in [0.15, 0.2) is 22.7 Å². The zero-order chi connectivity index (χ0) is 12.8. The van der Waals surface area contributed by atoms with Gasteiger partial charge in [-0.1, -0.05) is 41.4 Å². The molecule has 100 valence electrons. The first-order chi connectivity index (χ1) is 8.79. The number of rotatable bonds is 5. The van der Waals surface area contributed by atoms with Gasteiger partial charge in [0.1, 0.15) is 0 Å². The lowest BCUT2D eigenvalue weighted by Crippen LogP contribution is -2.29. The van der Waals surface area contributed by atoms with Gasteiger partial charge in [0.15, 0.2) is 0 Å². The minimum absolute atomic E-state index is 0.957. The van der Waals surface area contributed by atoms with Gasteiger partial charge in [0, 0.05) is 17.6 Å². The predicted octanol–water partition coefficient (Wildman–Crippen LogP) is 3.54. The lowest BCUT2D eigenvalue weighted by molar-refractivity contribution is 0.220. The van der Waals surface area contributed by atoms with Crippen molar-refractivity contribution >= 4 is 15.9 Å². The van der Waals surface area contributed by atoms with Crippen molar-refractivity contribution in [3.8, 4) is 0 Å². The molecule has 1 saturated heterocycles. The Balaban J connectivity index is 1.95. The van der Waals surface area contributed by atoms with Crippen LogP contribution in [0, 0.1) is 0 Å². The van der Waals surface area contributed by atoms with Crippen LogP contribution in [0.25, 0.3) is 0 Å². The van der Waals surface area contributed by atoms with E-state index in [2.05, 4.69) is 51.3 Å². The zero-order valence-electron chi connectivity index (χ0n) is 11.2. The van der Waals surface area contributed by atoms with Crippen LogP contribution in [0.2, 0.25) is 0 Å². The van der Waals surface area contributed by atoms with Crippen LogP contribution >= 0.6 is 15.9 Å². The van der Waals surface area contributed by atoms with Crippen LogP contribution in [0.5, 0.6) is 0 Å². The van der Waals surface area contributed by atoms with Crippen LogP contribution < -0.4 is 5.32 Å². The monoisotopic (exact) mass is 310 g/mol. The van der Waals surface area contributed by atoms with Gasteiger partial charge < -0.3 is 5.32 Å². The van der Waals surface area contributed by atoms with Crippen molar-refractivity contribution in [1.82, 2.24) is 10.2 Å². The summed E-state index contributed by atoms with van der Waals surface area (Å²) in [5.74, 6) is 0. The number of nitrogens with one attached hydrogen (secondary N) is 1. The Morgan fingerprint density at radius 2 is 2.00 bits per heavy atom. The minimum atomic E-state index is 0.957. The third kappa shape index (κ3) is 4.08. The molecule has 0 aromatic heterocycles. The largest absolute Gasteiger partial charge is 0.313 e. The highest BCUT2D eigenvalue weighted by Crippen LogP contribution is 2.22. The molecule has 0 radical (unpaired) electrons. The van der Waals surface area contributed by atoms with Crippen molar-refractivity contribution in [3.05, 3.63) is 33.8 Å². The number of hydrogen-bond donors (Lipinski definition) is 1. The SMILES string of the molecule is CCNCc1ccc(CN2CCCCC2)c(Br)c1. The summed E-state index contributed by atoms with van der Waals surface area (Å²) in [4.78, 5) is 2.56. The molecular formula is C15H23BrN2. The quantitative estimate of drug-likeness (QED) is 0.895. The number of benzene rings is 1. The lowest BCUT2D eigenvalue weighted by atomic mass is 10.1. The molecule has 1 fully saturated rings. The molecule has 1 N–H and O–H groups in total. The van der Waals surface area contributed by atoms with Crippen molar-refractivity contribution in [1.29, 1.82) is 0 Å². The van der Waals surface area contributed by atoms with Gasteiger partial charge in [-0.2, -0.15) is 0 Å². The Kier molecular flexibility index (Phi) is 5.67. The maximum Gasteiger partial charge on any atom is 0.0244 e. The first kappa shape index (κ1) is 14.0. The summed E-state index contributed by atoms with van der Waals surface area (Å²) in [5.41, 5.74) is 2.77. The van der Waals surface area contributed by atoms with Gasteiger partial charge in [-0.05, 0) is 49.7 Å². The van der Waals surface area contributed by atoms with E-state index in [-0.39, 0.29) is 0 Å². The van der Waals surface area contributed by atoms with Crippen molar-refractivity contribution in [2.24, 2.45) is 0 Å². The highest BCUT2D eigenvalue weighted by Gasteiger charge is 2.12. The Morgan fingerprint density at radius 1 is 1.22 bits per heavy atom. The third-order valence-corrected chi connectivity index (χ3v) is 4.28. The molecule has 0 bridgehead atoms. The zero-order valence-corrected chi connectivity index (χ0v) is 12.8. The van der Waals surface area contributed by atoms with Crippen molar-refractivity contribution in [2.75, 3.05) is 19.6 Å². The molecule has 0 spiro atoms. The van der Waals surface area contributed by atoms with Crippen molar-refractivity contribution in [3.63, 3.8) is 0 Å². The van der Waals surface area contributed by atoms with E-state index >= 15 is 0 Å². The van der Waals surface area contributed by atoms with Crippen LogP contribution in [0.4, 0.5) is 0 Å². The Morgan fingerprint density at radius 3 is 2.67 bits per heavy atom. The highest BCUT2D eigenvalue weighted by atomic mass is 79.9. The molecule has 1 aliphatic heterocycles. The van der Waals surface area contributed by atoms with Gasteiger partial charge >= 0.3 is 0 Å². The summed E-state index contributed by atoms with van der Waals surface area (Å²) in [6.07, 6.45) is 4.12. The van der Waals surface area contributed by atoms with Crippen LogP contribution in [0.3, 0.4) is 0 Å². The number of nitrogens with zero attached hydrogens (tertiary/aromatic N) is 1. The van der Waals surface area contributed by atoms with Crippen molar-refractivity contribution in [2.45, 2.75) is 39.3 Å². The summed E-state index contributed by atoms with van der Waals surface area (Å²) in [6.45, 7) is 7.71. The normalized spacial score (nSPS) is 17.0. The summed E-state index contributed by atoms with van der Waals surface area (Å²) < 4.78 is 1.25. The van der Waals surface area contributed by atoms with Gasteiger partial charge in [-0.25, -0.2) is 0 Å². The van der Waals surface area contributed by atoms with Gasteiger partial charge in [0.05, 0.1) is 0 Å². The van der Waals surface area contributed by atoms with Crippen molar-refractivity contribution < 1.29 is 0 Å². The first-order valence-corrected chi connectivity index (χ1v) is 7.79. The second-order valence-electron chi connectivity index (χ2n) is 5.04. The first-order valence-electron chi connectivity index (χ1n) is 7.00. The topological polar surface area (TPSA) is 15.3 Å². The summed E-state index contributed by atoms with van der Waals surface area (Å²) in [6, 6.07) is 6.76. The molecule has 1 heterocycles. The van der Waals surface area contributed by atoms with Gasteiger partial charge in [0.2, 0.25) is 0 Å². The van der Waals surface area contributed by atoms with E-state index in [9.17, 15) is 0 Å². The van der Waals surface area contributed by atoms with Crippen LogP contribution in [0.1, 0.15) is 37.3 Å². The molecule has 0 aliphatic carbocycles. The lowest BCUT2D eigenvalue weighted by Gasteiger charge is -2.26. The number of likely N-dealkylation sites (tertiary alicyclic amines) is 1.